The fourth-order valence-corrected chi connectivity index (χ4v) is 1.59. The Bertz CT molecular complexity index is 565. The predicted molar refractivity (Wildman–Crippen MR) is 73.7 cm³/mol. The van der Waals surface area contributed by atoms with Gasteiger partial charge >= 0.3 is 0 Å². The van der Waals surface area contributed by atoms with Crippen molar-refractivity contribution in [1.29, 1.82) is 0 Å². The maximum absolute atomic E-state index is 5.85. The van der Waals surface area contributed by atoms with Gasteiger partial charge < -0.3 is 16.5 Å². The zero-order valence-electron chi connectivity index (χ0n) is 9.47. The van der Waals surface area contributed by atoms with Crippen LogP contribution in [0.25, 0.3) is 0 Å². The van der Waals surface area contributed by atoms with Gasteiger partial charge in [-0.1, -0.05) is 23.7 Å². The van der Waals surface area contributed by atoms with Crippen LogP contribution in [0.1, 0.15) is 11.3 Å². The molecular weight excluding hydrogens is 250 g/mol. The molecule has 0 spiro atoms. The van der Waals surface area contributed by atoms with Crippen molar-refractivity contribution < 1.29 is 0 Å². The summed E-state index contributed by atoms with van der Waals surface area (Å²) in [6.45, 7) is 0. The molecule has 5 N–H and O–H groups in total. The van der Waals surface area contributed by atoms with E-state index in [1.54, 1.807) is 18.3 Å². The van der Waals surface area contributed by atoms with Gasteiger partial charge in [-0.25, -0.2) is 0 Å². The standard InChI is InChI=1S/C12H12ClN5/c13-9-5-3-8(4-6-9)11(17-18-12(14)15)10-2-1-7-16-10/h1-7,16H,(H4,14,15,18). The molecule has 0 saturated carbocycles. The number of guanidine groups is 1. The second-order valence-corrected chi connectivity index (χ2v) is 4.00. The quantitative estimate of drug-likeness (QED) is 0.446. The lowest BCUT2D eigenvalue weighted by Gasteiger charge is -2.03. The van der Waals surface area contributed by atoms with E-state index in [2.05, 4.69) is 15.2 Å². The van der Waals surface area contributed by atoms with E-state index in [-0.39, 0.29) is 5.96 Å². The third kappa shape index (κ3) is 2.89. The smallest absolute Gasteiger partial charge is 0.211 e. The summed E-state index contributed by atoms with van der Waals surface area (Å²) < 4.78 is 0. The Morgan fingerprint density at radius 2 is 1.78 bits per heavy atom. The number of hydrogen-bond acceptors (Lipinski definition) is 2. The van der Waals surface area contributed by atoms with Gasteiger partial charge in [0, 0.05) is 16.8 Å². The van der Waals surface area contributed by atoms with E-state index in [9.17, 15) is 0 Å². The minimum Gasteiger partial charge on any atom is -0.369 e. The molecule has 1 aromatic carbocycles. The molecule has 0 aliphatic carbocycles. The topological polar surface area (TPSA) is 92.6 Å². The van der Waals surface area contributed by atoms with Crippen molar-refractivity contribution in [3.63, 3.8) is 0 Å². The maximum Gasteiger partial charge on any atom is 0.211 e. The Balaban J connectivity index is 2.46. The van der Waals surface area contributed by atoms with Crippen LogP contribution in [-0.4, -0.2) is 16.7 Å². The number of aromatic nitrogens is 1. The first kappa shape index (κ1) is 12.2. The number of nitrogens with one attached hydrogen (secondary N) is 1. The molecule has 0 atom stereocenters. The van der Waals surface area contributed by atoms with E-state index in [0.717, 1.165) is 11.3 Å². The number of rotatable bonds is 3. The highest BCUT2D eigenvalue weighted by molar-refractivity contribution is 6.30. The molecule has 0 aliphatic heterocycles. The van der Waals surface area contributed by atoms with Crippen molar-refractivity contribution in [2.24, 2.45) is 21.7 Å². The summed E-state index contributed by atoms with van der Waals surface area (Å²) in [5.74, 6) is -0.0898. The Morgan fingerprint density at radius 1 is 1.06 bits per heavy atom. The summed E-state index contributed by atoms with van der Waals surface area (Å²) >= 11 is 5.85. The van der Waals surface area contributed by atoms with Crippen molar-refractivity contribution in [2.45, 2.75) is 0 Å². The first-order chi connectivity index (χ1) is 8.66. The van der Waals surface area contributed by atoms with Crippen LogP contribution in [0.3, 0.4) is 0 Å². The van der Waals surface area contributed by atoms with Crippen LogP contribution in [0.4, 0.5) is 0 Å². The summed E-state index contributed by atoms with van der Waals surface area (Å²) in [5.41, 5.74) is 12.9. The monoisotopic (exact) mass is 261 g/mol. The lowest BCUT2D eigenvalue weighted by atomic mass is 10.1. The molecule has 0 aliphatic rings. The summed E-state index contributed by atoms with van der Waals surface area (Å²) in [6, 6.07) is 11.0. The molecule has 2 rings (SSSR count). The van der Waals surface area contributed by atoms with Crippen molar-refractivity contribution in [1.82, 2.24) is 4.98 Å². The number of hydrogen-bond donors (Lipinski definition) is 3. The Labute approximate surface area is 109 Å². The first-order valence-corrected chi connectivity index (χ1v) is 5.61. The molecule has 1 heterocycles. The van der Waals surface area contributed by atoms with E-state index in [4.69, 9.17) is 23.1 Å². The van der Waals surface area contributed by atoms with Gasteiger partial charge in [-0.15, -0.1) is 10.2 Å². The molecule has 92 valence electrons. The molecular formula is C12H12ClN5. The average molecular weight is 262 g/mol. The Morgan fingerprint density at radius 3 is 2.33 bits per heavy atom. The highest BCUT2D eigenvalue weighted by atomic mass is 35.5. The van der Waals surface area contributed by atoms with Gasteiger partial charge in [0.1, 0.15) is 5.71 Å². The zero-order valence-corrected chi connectivity index (χ0v) is 10.2. The van der Waals surface area contributed by atoms with Gasteiger partial charge in [0.05, 0.1) is 5.69 Å². The molecule has 18 heavy (non-hydrogen) atoms. The molecule has 0 fully saturated rings. The van der Waals surface area contributed by atoms with E-state index >= 15 is 0 Å². The fraction of sp³-hybridized carbons (Fsp3) is 0. The lowest BCUT2D eigenvalue weighted by Crippen LogP contribution is -2.22. The number of benzene rings is 1. The van der Waals surface area contributed by atoms with Crippen LogP contribution in [0, 0.1) is 0 Å². The molecule has 0 amide bonds. The molecule has 0 bridgehead atoms. The molecule has 1 aromatic heterocycles. The number of halogens is 1. The second-order valence-electron chi connectivity index (χ2n) is 3.56. The van der Waals surface area contributed by atoms with Crippen molar-refractivity contribution in [2.75, 3.05) is 0 Å². The van der Waals surface area contributed by atoms with Gasteiger partial charge in [0.2, 0.25) is 5.96 Å². The highest BCUT2D eigenvalue weighted by Crippen LogP contribution is 2.14. The van der Waals surface area contributed by atoms with Crippen LogP contribution >= 0.6 is 11.6 Å². The Hall–Kier alpha value is -2.27. The predicted octanol–water partition coefficient (Wildman–Crippen LogP) is 1.69. The molecule has 0 radical (unpaired) electrons. The van der Waals surface area contributed by atoms with Gasteiger partial charge in [-0.3, -0.25) is 0 Å². The SMILES string of the molecule is NC(N)=NN=C(c1ccc(Cl)cc1)c1ccc[nH]1. The highest BCUT2D eigenvalue weighted by Gasteiger charge is 2.07. The van der Waals surface area contributed by atoms with Crippen LogP contribution < -0.4 is 11.5 Å². The third-order valence-electron chi connectivity index (χ3n) is 2.24. The number of nitrogens with two attached hydrogens (primary N) is 2. The van der Waals surface area contributed by atoms with Gasteiger partial charge in [-0.05, 0) is 24.3 Å². The largest absolute Gasteiger partial charge is 0.369 e. The maximum atomic E-state index is 5.85. The van der Waals surface area contributed by atoms with Gasteiger partial charge in [0.25, 0.3) is 0 Å². The van der Waals surface area contributed by atoms with E-state index < -0.39 is 0 Å². The van der Waals surface area contributed by atoms with E-state index in [0.29, 0.717) is 10.7 Å². The van der Waals surface area contributed by atoms with Crippen LogP contribution in [0.15, 0.2) is 52.8 Å². The van der Waals surface area contributed by atoms with Crippen molar-refractivity contribution in [3.05, 3.63) is 58.9 Å². The van der Waals surface area contributed by atoms with E-state index in [1.807, 2.05) is 24.3 Å². The van der Waals surface area contributed by atoms with Crippen molar-refractivity contribution >= 4 is 23.3 Å². The van der Waals surface area contributed by atoms with Crippen molar-refractivity contribution in [3.8, 4) is 0 Å². The number of H-pyrrole nitrogens is 1. The van der Waals surface area contributed by atoms with Crippen LogP contribution in [0.2, 0.25) is 5.02 Å². The lowest BCUT2D eigenvalue weighted by molar-refractivity contribution is 1.19. The molecule has 5 nitrogen and oxygen atoms in total. The summed E-state index contributed by atoms with van der Waals surface area (Å²) in [5, 5.41) is 8.39. The number of aromatic amines is 1. The molecule has 0 saturated heterocycles. The Kier molecular flexibility index (Phi) is 3.64. The normalized spacial score (nSPS) is 11.3. The first-order valence-electron chi connectivity index (χ1n) is 5.23. The molecule has 2 aromatic rings. The van der Waals surface area contributed by atoms with E-state index in [1.165, 1.54) is 0 Å². The summed E-state index contributed by atoms with van der Waals surface area (Å²) in [4.78, 5) is 3.06. The van der Waals surface area contributed by atoms with Gasteiger partial charge in [0.15, 0.2) is 0 Å². The average Bonchev–Trinajstić information content (AvgIpc) is 2.85. The summed E-state index contributed by atoms with van der Waals surface area (Å²) in [7, 11) is 0. The minimum absolute atomic E-state index is 0.0898. The van der Waals surface area contributed by atoms with Gasteiger partial charge in [-0.2, -0.15) is 0 Å². The minimum atomic E-state index is -0.0898. The molecule has 0 unspecified atom stereocenters. The third-order valence-corrected chi connectivity index (χ3v) is 2.49. The second kappa shape index (κ2) is 5.37. The van der Waals surface area contributed by atoms with Crippen LogP contribution in [0.5, 0.6) is 0 Å². The zero-order chi connectivity index (χ0) is 13.0. The fourth-order valence-electron chi connectivity index (χ4n) is 1.46. The number of nitrogens with zero attached hydrogens (tertiary/aromatic N) is 2. The molecule has 6 heteroatoms. The van der Waals surface area contributed by atoms with Crippen LogP contribution in [-0.2, 0) is 0 Å². The summed E-state index contributed by atoms with van der Waals surface area (Å²) in [6.07, 6.45) is 1.80.